The average Bonchev–Trinajstić information content (AvgIpc) is 3.12. The molecule has 2 amide bonds. The van der Waals surface area contributed by atoms with Crippen LogP contribution in [-0.4, -0.2) is 33.9 Å². The highest BCUT2D eigenvalue weighted by molar-refractivity contribution is 5.89. The number of urea groups is 1. The highest BCUT2D eigenvalue weighted by Crippen LogP contribution is 2.33. The second-order valence-electron chi connectivity index (χ2n) is 6.79. The van der Waals surface area contributed by atoms with E-state index >= 15 is 0 Å². The quantitative estimate of drug-likeness (QED) is 0.530. The zero-order chi connectivity index (χ0) is 18.8. The van der Waals surface area contributed by atoms with Gasteiger partial charge in [0.1, 0.15) is 0 Å². The van der Waals surface area contributed by atoms with E-state index in [0.717, 1.165) is 18.4 Å². The molecule has 2 N–H and O–H groups in total. The molecule has 1 saturated heterocycles. The molecule has 4 rings (SSSR count). The van der Waals surface area contributed by atoms with E-state index in [1.54, 1.807) is 17.0 Å². The predicted octanol–water partition coefficient (Wildman–Crippen LogP) is 4.49. The lowest BCUT2D eigenvalue weighted by Crippen LogP contribution is -2.40. The third-order valence-corrected chi connectivity index (χ3v) is 5.17. The zero-order valence-electron chi connectivity index (χ0n) is 14.7. The van der Waals surface area contributed by atoms with Gasteiger partial charge in [-0.1, -0.05) is 18.2 Å². The fourth-order valence-corrected chi connectivity index (χ4v) is 3.69. The van der Waals surface area contributed by atoms with E-state index in [1.807, 2.05) is 12.1 Å². The Balaban J connectivity index is 1.37. The third-order valence-electron chi connectivity index (χ3n) is 5.17. The maximum Gasteiger partial charge on any atom is 0.321 e. The summed E-state index contributed by atoms with van der Waals surface area (Å²) in [6.45, 7) is 1.37. The maximum absolute atomic E-state index is 12.5. The van der Waals surface area contributed by atoms with Crippen molar-refractivity contribution in [3.05, 3.63) is 70.4 Å². The Bertz CT molecular complexity index is 972. The van der Waals surface area contributed by atoms with Gasteiger partial charge in [-0.05, 0) is 42.5 Å². The largest absolute Gasteiger partial charge is 0.361 e. The van der Waals surface area contributed by atoms with Crippen molar-refractivity contribution in [2.75, 3.05) is 18.4 Å². The van der Waals surface area contributed by atoms with Crippen LogP contribution in [0.3, 0.4) is 0 Å². The molecule has 7 nitrogen and oxygen atoms in total. The minimum absolute atomic E-state index is 0.00698. The molecule has 1 fully saturated rings. The average molecular weight is 364 g/mol. The first-order chi connectivity index (χ1) is 13.1. The summed E-state index contributed by atoms with van der Waals surface area (Å²) >= 11 is 0. The molecule has 0 atom stereocenters. The number of H-pyrrole nitrogens is 1. The van der Waals surface area contributed by atoms with Crippen LogP contribution in [0.2, 0.25) is 0 Å². The number of nitro benzene ring substituents is 1. The molecule has 27 heavy (non-hydrogen) atoms. The highest BCUT2D eigenvalue weighted by Gasteiger charge is 2.25. The maximum atomic E-state index is 12.5. The number of para-hydroxylation sites is 1. The number of aromatic amines is 1. The number of carbonyl (C=O) groups excluding carboxylic acids is 1. The molecule has 1 aliphatic rings. The number of nitro groups is 1. The summed E-state index contributed by atoms with van der Waals surface area (Å²) in [6.07, 6.45) is 3.91. The number of non-ortho nitro benzene ring substituents is 1. The summed E-state index contributed by atoms with van der Waals surface area (Å²) in [6, 6.07) is 14.0. The number of likely N-dealkylation sites (tertiary alicyclic amines) is 1. The van der Waals surface area contributed by atoms with Crippen molar-refractivity contribution >= 4 is 28.3 Å². The Morgan fingerprint density at radius 2 is 1.81 bits per heavy atom. The summed E-state index contributed by atoms with van der Waals surface area (Å²) in [5.74, 6) is 0.435. The normalized spacial score (nSPS) is 15.0. The molecular formula is C20H20N4O3. The van der Waals surface area contributed by atoms with Crippen LogP contribution in [0.1, 0.15) is 24.3 Å². The third kappa shape index (κ3) is 3.48. The second-order valence-corrected chi connectivity index (χ2v) is 6.79. The van der Waals surface area contributed by atoms with Crippen molar-refractivity contribution in [3.63, 3.8) is 0 Å². The monoisotopic (exact) mass is 364 g/mol. The number of rotatable bonds is 3. The van der Waals surface area contributed by atoms with Crippen LogP contribution in [0.15, 0.2) is 54.7 Å². The lowest BCUT2D eigenvalue weighted by Gasteiger charge is -2.32. The van der Waals surface area contributed by atoms with Crippen LogP contribution < -0.4 is 5.32 Å². The van der Waals surface area contributed by atoms with Crippen molar-refractivity contribution in [2.24, 2.45) is 0 Å². The van der Waals surface area contributed by atoms with Crippen LogP contribution in [0.5, 0.6) is 0 Å². The second kappa shape index (κ2) is 7.11. The van der Waals surface area contributed by atoms with Gasteiger partial charge in [0.15, 0.2) is 0 Å². The van der Waals surface area contributed by atoms with Gasteiger partial charge in [0.05, 0.1) is 4.92 Å². The van der Waals surface area contributed by atoms with Gasteiger partial charge in [-0.25, -0.2) is 4.79 Å². The van der Waals surface area contributed by atoms with E-state index in [1.165, 1.54) is 23.1 Å². The van der Waals surface area contributed by atoms with E-state index in [-0.39, 0.29) is 11.7 Å². The van der Waals surface area contributed by atoms with E-state index in [9.17, 15) is 14.9 Å². The number of hydrogen-bond acceptors (Lipinski definition) is 3. The number of nitrogens with zero attached hydrogens (tertiary/aromatic N) is 2. The molecule has 3 aromatic rings. The van der Waals surface area contributed by atoms with Crippen LogP contribution in [0.25, 0.3) is 10.9 Å². The number of amides is 2. The lowest BCUT2D eigenvalue weighted by atomic mass is 9.89. The molecule has 1 aliphatic heterocycles. The summed E-state index contributed by atoms with van der Waals surface area (Å²) in [5.41, 5.74) is 3.03. The molecule has 7 heteroatoms. The molecule has 1 aromatic heterocycles. The molecule has 0 radical (unpaired) electrons. The topological polar surface area (TPSA) is 91.3 Å². The van der Waals surface area contributed by atoms with Gasteiger partial charge in [-0.3, -0.25) is 10.1 Å². The molecule has 2 heterocycles. The van der Waals surface area contributed by atoms with Gasteiger partial charge in [0.25, 0.3) is 5.69 Å². The molecule has 0 spiro atoms. The van der Waals surface area contributed by atoms with Crippen LogP contribution >= 0.6 is 0 Å². The minimum Gasteiger partial charge on any atom is -0.361 e. The van der Waals surface area contributed by atoms with Crippen molar-refractivity contribution in [3.8, 4) is 0 Å². The number of fused-ring (bicyclic) bond motifs is 1. The first kappa shape index (κ1) is 17.1. The SMILES string of the molecule is O=C(Nc1ccc([N+](=O)[O-])cc1)N1CCC(c2c[nH]c3ccccc23)CC1. The fraction of sp³-hybridized carbons (Fsp3) is 0.250. The van der Waals surface area contributed by atoms with Gasteiger partial charge in [-0.2, -0.15) is 0 Å². The molecule has 0 saturated carbocycles. The van der Waals surface area contributed by atoms with Crippen molar-refractivity contribution < 1.29 is 9.72 Å². The van der Waals surface area contributed by atoms with E-state index in [4.69, 9.17) is 0 Å². The summed E-state index contributed by atoms with van der Waals surface area (Å²) in [7, 11) is 0. The molecular weight excluding hydrogens is 344 g/mol. The van der Waals surface area contributed by atoms with Crippen molar-refractivity contribution in [1.29, 1.82) is 0 Å². The van der Waals surface area contributed by atoms with Crippen LogP contribution in [0.4, 0.5) is 16.2 Å². The van der Waals surface area contributed by atoms with Crippen LogP contribution in [0, 0.1) is 10.1 Å². The lowest BCUT2D eigenvalue weighted by molar-refractivity contribution is -0.384. The van der Waals surface area contributed by atoms with Crippen molar-refractivity contribution in [2.45, 2.75) is 18.8 Å². The van der Waals surface area contributed by atoms with Crippen molar-refractivity contribution in [1.82, 2.24) is 9.88 Å². The molecule has 0 bridgehead atoms. The Labute approximate surface area is 156 Å². The first-order valence-electron chi connectivity index (χ1n) is 8.98. The molecule has 0 aliphatic carbocycles. The Morgan fingerprint density at radius 1 is 1.11 bits per heavy atom. The molecule has 0 unspecified atom stereocenters. The number of hydrogen-bond donors (Lipinski definition) is 2. The summed E-state index contributed by atoms with van der Waals surface area (Å²) in [4.78, 5) is 27.8. The van der Waals surface area contributed by atoms with E-state index in [2.05, 4.69) is 28.6 Å². The fourth-order valence-electron chi connectivity index (χ4n) is 3.69. The number of nitrogens with one attached hydrogen (secondary N) is 2. The number of anilines is 1. The van der Waals surface area contributed by atoms with Gasteiger partial charge >= 0.3 is 6.03 Å². The number of piperidine rings is 1. The minimum atomic E-state index is -0.457. The number of aromatic nitrogens is 1. The highest BCUT2D eigenvalue weighted by atomic mass is 16.6. The number of benzene rings is 2. The Hall–Kier alpha value is -3.35. The summed E-state index contributed by atoms with van der Waals surface area (Å²) < 4.78 is 0. The zero-order valence-corrected chi connectivity index (χ0v) is 14.7. The van der Waals surface area contributed by atoms with Gasteiger partial charge in [0.2, 0.25) is 0 Å². The number of carbonyl (C=O) groups is 1. The Morgan fingerprint density at radius 3 is 2.52 bits per heavy atom. The van der Waals surface area contributed by atoms with E-state index in [0.29, 0.717) is 24.7 Å². The predicted molar refractivity (Wildman–Crippen MR) is 104 cm³/mol. The Kier molecular flexibility index (Phi) is 4.50. The van der Waals surface area contributed by atoms with Gasteiger partial charge in [-0.15, -0.1) is 0 Å². The van der Waals surface area contributed by atoms with Gasteiger partial charge in [0, 0.05) is 48.0 Å². The molecule has 2 aromatic carbocycles. The first-order valence-corrected chi connectivity index (χ1v) is 8.98. The van der Waals surface area contributed by atoms with E-state index < -0.39 is 4.92 Å². The molecule has 138 valence electrons. The smallest absolute Gasteiger partial charge is 0.321 e. The van der Waals surface area contributed by atoms with Gasteiger partial charge < -0.3 is 15.2 Å². The van der Waals surface area contributed by atoms with Crippen LogP contribution in [-0.2, 0) is 0 Å². The standard InChI is InChI=1S/C20H20N4O3/c25-20(22-15-5-7-16(8-6-15)24(26)27)23-11-9-14(10-12-23)18-13-21-19-4-2-1-3-17(18)19/h1-8,13-14,21H,9-12H2,(H,22,25). The summed E-state index contributed by atoms with van der Waals surface area (Å²) in [5, 5.41) is 14.8.